The van der Waals surface area contributed by atoms with Crippen molar-refractivity contribution in [3.05, 3.63) is 106 Å². The van der Waals surface area contributed by atoms with E-state index in [-0.39, 0.29) is 16.9 Å². The number of hydrogen-bond acceptors (Lipinski definition) is 5. The van der Waals surface area contributed by atoms with Gasteiger partial charge in [-0.2, -0.15) is 0 Å². The summed E-state index contributed by atoms with van der Waals surface area (Å²) in [5, 5.41) is 16.1. The first-order chi connectivity index (χ1) is 15.0. The second-order valence-electron chi connectivity index (χ2n) is 6.38. The number of nitro groups is 1. The van der Waals surface area contributed by atoms with Gasteiger partial charge in [0, 0.05) is 17.8 Å². The molecule has 2 N–H and O–H groups in total. The largest absolute Gasteiger partial charge is 0.496 e. The van der Waals surface area contributed by atoms with Gasteiger partial charge in [-0.15, -0.1) is 0 Å². The summed E-state index contributed by atoms with van der Waals surface area (Å²) in [4.78, 5) is 36.0. The van der Waals surface area contributed by atoms with Crippen LogP contribution >= 0.6 is 0 Å². The van der Waals surface area contributed by atoms with Gasteiger partial charge in [0.15, 0.2) is 0 Å². The van der Waals surface area contributed by atoms with Crippen molar-refractivity contribution in [2.75, 3.05) is 12.4 Å². The van der Waals surface area contributed by atoms with Crippen molar-refractivity contribution in [3.63, 3.8) is 0 Å². The van der Waals surface area contributed by atoms with Gasteiger partial charge in [-0.25, -0.2) is 0 Å². The van der Waals surface area contributed by atoms with Crippen molar-refractivity contribution in [2.24, 2.45) is 0 Å². The number of benzene rings is 3. The Morgan fingerprint density at radius 2 is 1.58 bits per heavy atom. The third kappa shape index (κ3) is 5.54. The zero-order valence-corrected chi connectivity index (χ0v) is 16.6. The maximum Gasteiger partial charge on any atom is 0.272 e. The fourth-order valence-electron chi connectivity index (χ4n) is 2.76. The number of carbonyl (C=O) groups is 2. The first kappa shape index (κ1) is 21.3. The molecule has 0 radical (unpaired) electrons. The molecule has 0 saturated heterocycles. The molecule has 8 heteroatoms. The number of para-hydroxylation sites is 1. The number of methoxy groups -OCH3 is 1. The van der Waals surface area contributed by atoms with E-state index < -0.39 is 16.7 Å². The Balaban J connectivity index is 1.87. The minimum absolute atomic E-state index is 0.000425. The number of nitrogens with zero attached hydrogens (tertiary/aromatic N) is 1. The molecule has 2 amide bonds. The van der Waals surface area contributed by atoms with Crippen LogP contribution in [0.1, 0.15) is 15.9 Å². The molecule has 0 aliphatic rings. The summed E-state index contributed by atoms with van der Waals surface area (Å²) in [6.07, 6.45) is 1.54. The average molecular weight is 417 g/mol. The molecule has 3 aromatic carbocycles. The van der Waals surface area contributed by atoms with Crippen LogP contribution in [-0.2, 0) is 4.79 Å². The van der Waals surface area contributed by atoms with E-state index >= 15 is 0 Å². The number of carbonyl (C=O) groups excluding carboxylic acids is 2. The maximum atomic E-state index is 12.9. The lowest BCUT2D eigenvalue weighted by atomic mass is 10.1. The van der Waals surface area contributed by atoms with E-state index in [0.717, 1.165) is 0 Å². The minimum atomic E-state index is -0.582. The molecule has 156 valence electrons. The van der Waals surface area contributed by atoms with Gasteiger partial charge in [0.05, 0.1) is 17.6 Å². The Bertz CT molecular complexity index is 1130. The molecular formula is C23H19N3O5. The zero-order valence-electron chi connectivity index (χ0n) is 16.6. The van der Waals surface area contributed by atoms with Crippen LogP contribution in [0.25, 0.3) is 6.08 Å². The van der Waals surface area contributed by atoms with E-state index in [1.54, 1.807) is 48.5 Å². The van der Waals surface area contributed by atoms with Crippen LogP contribution in [-0.4, -0.2) is 23.8 Å². The lowest BCUT2D eigenvalue weighted by Gasteiger charge is -2.13. The van der Waals surface area contributed by atoms with Crippen LogP contribution < -0.4 is 15.4 Å². The van der Waals surface area contributed by atoms with E-state index in [0.29, 0.717) is 17.0 Å². The number of hydrogen-bond donors (Lipinski definition) is 2. The molecule has 0 bridgehead atoms. The molecule has 0 aliphatic carbocycles. The second kappa shape index (κ2) is 9.84. The molecule has 0 fully saturated rings. The molecule has 3 aromatic rings. The molecule has 0 atom stereocenters. The van der Waals surface area contributed by atoms with E-state index in [1.807, 2.05) is 6.07 Å². The maximum absolute atomic E-state index is 12.9. The lowest BCUT2D eigenvalue weighted by molar-refractivity contribution is -0.384. The highest BCUT2D eigenvalue weighted by Gasteiger charge is 2.18. The first-order valence-electron chi connectivity index (χ1n) is 9.25. The van der Waals surface area contributed by atoms with Gasteiger partial charge in [0.25, 0.3) is 17.5 Å². The molecule has 0 saturated carbocycles. The van der Waals surface area contributed by atoms with Gasteiger partial charge in [-0.1, -0.05) is 42.5 Å². The van der Waals surface area contributed by atoms with Crippen LogP contribution in [0.3, 0.4) is 0 Å². The monoisotopic (exact) mass is 417 g/mol. The average Bonchev–Trinajstić information content (AvgIpc) is 2.79. The van der Waals surface area contributed by atoms with Crippen LogP contribution in [0.15, 0.2) is 84.6 Å². The molecule has 31 heavy (non-hydrogen) atoms. The number of amides is 2. The van der Waals surface area contributed by atoms with Gasteiger partial charge in [-0.3, -0.25) is 19.7 Å². The number of anilines is 1. The summed E-state index contributed by atoms with van der Waals surface area (Å²) in [6, 6.07) is 21.1. The van der Waals surface area contributed by atoms with Crippen LogP contribution in [0.4, 0.5) is 11.4 Å². The third-order valence-electron chi connectivity index (χ3n) is 4.29. The molecular weight excluding hydrogens is 398 g/mol. The van der Waals surface area contributed by atoms with Crippen LogP contribution in [0.5, 0.6) is 5.75 Å². The molecule has 0 aromatic heterocycles. The van der Waals surface area contributed by atoms with Crippen molar-refractivity contribution < 1.29 is 19.2 Å². The fraction of sp³-hybridized carbons (Fsp3) is 0.0435. The minimum Gasteiger partial charge on any atom is -0.496 e. The molecule has 3 rings (SSSR count). The zero-order chi connectivity index (χ0) is 22.2. The summed E-state index contributed by atoms with van der Waals surface area (Å²) in [6.45, 7) is 0. The number of rotatable bonds is 7. The highest BCUT2D eigenvalue weighted by atomic mass is 16.6. The summed E-state index contributed by atoms with van der Waals surface area (Å²) < 4.78 is 5.22. The predicted molar refractivity (Wildman–Crippen MR) is 117 cm³/mol. The molecule has 8 nitrogen and oxygen atoms in total. The fourth-order valence-corrected chi connectivity index (χ4v) is 2.76. The van der Waals surface area contributed by atoms with E-state index in [1.165, 1.54) is 37.5 Å². The predicted octanol–water partition coefficient (Wildman–Crippen LogP) is 4.01. The van der Waals surface area contributed by atoms with Gasteiger partial charge < -0.3 is 15.4 Å². The summed E-state index contributed by atoms with van der Waals surface area (Å²) in [5.41, 5.74) is 1.23. The van der Waals surface area contributed by atoms with Crippen molar-refractivity contribution in [1.82, 2.24) is 5.32 Å². The Morgan fingerprint density at radius 3 is 2.23 bits per heavy atom. The Labute approximate surface area is 178 Å². The number of ether oxygens (including phenoxy) is 1. The first-order valence-corrected chi connectivity index (χ1v) is 9.25. The number of nitrogens with one attached hydrogen (secondary N) is 2. The summed E-state index contributed by atoms with van der Waals surface area (Å²) in [5.74, 6) is -0.728. The van der Waals surface area contributed by atoms with Gasteiger partial charge in [0.1, 0.15) is 11.4 Å². The normalized spacial score (nSPS) is 10.8. The highest BCUT2D eigenvalue weighted by molar-refractivity contribution is 6.11. The van der Waals surface area contributed by atoms with Crippen molar-refractivity contribution in [2.45, 2.75) is 0 Å². The summed E-state index contributed by atoms with van der Waals surface area (Å²) in [7, 11) is 1.45. The van der Waals surface area contributed by atoms with Crippen LogP contribution in [0.2, 0.25) is 0 Å². The second-order valence-corrected chi connectivity index (χ2v) is 6.38. The van der Waals surface area contributed by atoms with Gasteiger partial charge >= 0.3 is 0 Å². The van der Waals surface area contributed by atoms with Gasteiger partial charge in [-0.05, 0) is 35.9 Å². The highest BCUT2D eigenvalue weighted by Crippen LogP contribution is 2.19. The lowest BCUT2D eigenvalue weighted by Crippen LogP contribution is -2.31. The Morgan fingerprint density at radius 1 is 0.935 bits per heavy atom. The van der Waals surface area contributed by atoms with Crippen molar-refractivity contribution in [1.29, 1.82) is 0 Å². The van der Waals surface area contributed by atoms with Crippen LogP contribution in [0, 0.1) is 10.1 Å². The van der Waals surface area contributed by atoms with Crippen molar-refractivity contribution in [3.8, 4) is 5.75 Å². The smallest absolute Gasteiger partial charge is 0.272 e. The van der Waals surface area contributed by atoms with Gasteiger partial charge in [0.2, 0.25) is 0 Å². The van der Waals surface area contributed by atoms with Crippen molar-refractivity contribution >= 4 is 29.3 Å². The molecule has 0 aliphatic heterocycles. The summed E-state index contributed by atoms with van der Waals surface area (Å²) >= 11 is 0. The quantitative estimate of drug-likeness (QED) is 0.343. The van der Waals surface area contributed by atoms with E-state index in [4.69, 9.17) is 4.74 Å². The standard InChI is InChI=1S/C23H19N3O5/c1-31-21-10-6-5-9-19(21)22(27)25-20(15-16-7-3-2-4-8-16)23(28)24-17-11-13-18(14-12-17)26(29)30/h2-15H,1H3,(H,24,28)(H,25,27). The third-order valence-corrected chi connectivity index (χ3v) is 4.29. The molecule has 0 spiro atoms. The van der Waals surface area contributed by atoms with E-state index in [2.05, 4.69) is 10.6 Å². The Kier molecular flexibility index (Phi) is 6.74. The number of nitro benzene ring substituents is 1. The molecule has 0 heterocycles. The van der Waals surface area contributed by atoms with E-state index in [9.17, 15) is 19.7 Å². The topological polar surface area (TPSA) is 111 Å². The Hall–Kier alpha value is -4.46. The number of non-ortho nitro benzene ring substituents is 1. The molecule has 0 unspecified atom stereocenters. The SMILES string of the molecule is COc1ccccc1C(=O)NC(=Cc1ccccc1)C(=O)Nc1ccc([N+](=O)[O-])cc1.